The van der Waals surface area contributed by atoms with Gasteiger partial charge in [0.1, 0.15) is 6.10 Å². The first-order valence-corrected chi connectivity index (χ1v) is 8.43. The van der Waals surface area contributed by atoms with Crippen LogP contribution < -0.4 is 0 Å². The van der Waals surface area contributed by atoms with Gasteiger partial charge in [0, 0.05) is 20.1 Å². The Kier molecular flexibility index (Phi) is 5.96. The van der Waals surface area contributed by atoms with E-state index in [2.05, 4.69) is 39.8 Å². The predicted octanol–water partition coefficient (Wildman–Crippen LogP) is 1.97. The minimum absolute atomic E-state index is 0.141. The van der Waals surface area contributed by atoms with Gasteiger partial charge >= 0.3 is 0 Å². The van der Waals surface area contributed by atoms with Crippen LogP contribution in [0.25, 0.3) is 0 Å². The maximum absolute atomic E-state index is 12.5. The number of hydrogen-bond donors (Lipinski definition) is 0. The highest BCUT2D eigenvalue weighted by atomic mass is 79.9. The molecule has 0 radical (unpaired) electrons. The van der Waals surface area contributed by atoms with Gasteiger partial charge in [-0.1, -0.05) is 13.8 Å². The van der Waals surface area contributed by atoms with Gasteiger partial charge in [0.25, 0.3) is 0 Å². The van der Waals surface area contributed by atoms with Crippen LogP contribution in [0.15, 0.2) is 4.47 Å². The van der Waals surface area contributed by atoms with Crippen molar-refractivity contribution in [2.75, 3.05) is 26.2 Å². The molecule has 1 fully saturated rings. The summed E-state index contributed by atoms with van der Waals surface area (Å²) < 4.78 is 8.42. The fourth-order valence-electron chi connectivity index (χ4n) is 2.71. The Morgan fingerprint density at radius 1 is 1.48 bits per heavy atom. The van der Waals surface area contributed by atoms with Crippen LogP contribution >= 0.6 is 15.9 Å². The Bertz CT molecular complexity index is 499. The Labute approximate surface area is 134 Å². The summed E-state index contributed by atoms with van der Waals surface area (Å²) in [6, 6.07) is 0. The molecule has 0 amide bonds. The van der Waals surface area contributed by atoms with Crippen molar-refractivity contribution in [1.82, 2.24) is 14.7 Å². The van der Waals surface area contributed by atoms with E-state index in [1.807, 2.05) is 7.05 Å². The van der Waals surface area contributed by atoms with Crippen molar-refractivity contribution in [2.24, 2.45) is 7.05 Å². The van der Waals surface area contributed by atoms with E-state index in [9.17, 15) is 4.79 Å². The molecule has 0 N–H and O–H groups in total. The van der Waals surface area contributed by atoms with Crippen LogP contribution in [0.4, 0.5) is 0 Å². The van der Waals surface area contributed by atoms with Crippen LogP contribution in [0.5, 0.6) is 0 Å². The van der Waals surface area contributed by atoms with Crippen molar-refractivity contribution in [3.8, 4) is 0 Å². The molecule has 0 bridgehead atoms. The molecule has 0 spiro atoms. The summed E-state index contributed by atoms with van der Waals surface area (Å²) in [5.74, 6) is 0.141. The van der Waals surface area contributed by atoms with E-state index in [-0.39, 0.29) is 11.9 Å². The molecular weight excluding hydrogens is 334 g/mol. The van der Waals surface area contributed by atoms with Gasteiger partial charge in [0.2, 0.25) is 0 Å². The third kappa shape index (κ3) is 3.93. The third-order valence-electron chi connectivity index (χ3n) is 3.89. The number of nitrogens with zero attached hydrogens (tertiary/aromatic N) is 3. The second kappa shape index (κ2) is 7.51. The largest absolute Gasteiger partial charge is 0.368 e. The zero-order valence-corrected chi connectivity index (χ0v) is 14.6. The van der Waals surface area contributed by atoms with Gasteiger partial charge in [0.05, 0.1) is 28.9 Å². The quantitative estimate of drug-likeness (QED) is 0.780. The number of morpholine rings is 1. The van der Waals surface area contributed by atoms with Gasteiger partial charge in [0.15, 0.2) is 5.78 Å². The van der Waals surface area contributed by atoms with Crippen LogP contribution in [-0.4, -0.2) is 52.8 Å². The van der Waals surface area contributed by atoms with Crippen LogP contribution in [0, 0.1) is 0 Å². The van der Waals surface area contributed by atoms with Crippen molar-refractivity contribution in [1.29, 1.82) is 0 Å². The standard InChI is InChI=1S/C15H24BrN3O2/c1-4-6-19-7-8-21-14(10-19)13(20)9-12-15(16)11(5-2)17-18(12)3/h14H,4-10H2,1-3H3. The lowest BCUT2D eigenvalue weighted by Gasteiger charge is -2.31. The summed E-state index contributed by atoms with van der Waals surface area (Å²) >= 11 is 3.56. The highest BCUT2D eigenvalue weighted by molar-refractivity contribution is 9.10. The molecule has 1 aromatic heterocycles. The minimum atomic E-state index is -0.308. The van der Waals surface area contributed by atoms with Gasteiger partial charge in [-0.3, -0.25) is 14.4 Å². The molecule has 2 rings (SSSR count). The number of Topliss-reactive ketones (excluding diaryl/α,β-unsaturated/α-hetero) is 1. The van der Waals surface area contributed by atoms with Gasteiger partial charge in [-0.05, 0) is 35.3 Å². The van der Waals surface area contributed by atoms with E-state index in [4.69, 9.17) is 4.74 Å². The van der Waals surface area contributed by atoms with Crippen molar-refractivity contribution >= 4 is 21.7 Å². The van der Waals surface area contributed by atoms with Crippen molar-refractivity contribution in [2.45, 2.75) is 39.2 Å². The minimum Gasteiger partial charge on any atom is -0.368 e. The number of rotatable bonds is 6. The van der Waals surface area contributed by atoms with E-state index in [1.54, 1.807) is 4.68 Å². The first kappa shape index (κ1) is 16.6. The molecule has 0 aliphatic carbocycles. The average Bonchev–Trinajstić information content (AvgIpc) is 2.75. The van der Waals surface area contributed by atoms with Gasteiger partial charge in [-0.2, -0.15) is 5.10 Å². The normalized spacial score (nSPS) is 19.9. The molecule has 6 heteroatoms. The predicted molar refractivity (Wildman–Crippen MR) is 85.5 cm³/mol. The highest BCUT2D eigenvalue weighted by Crippen LogP contribution is 2.23. The summed E-state index contributed by atoms with van der Waals surface area (Å²) in [6.45, 7) is 7.53. The maximum Gasteiger partial charge on any atom is 0.168 e. The summed E-state index contributed by atoms with van der Waals surface area (Å²) in [5.41, 5.74) is 1.94. The van der Waals surface area contributed by atoms with Crippen molar-refractivity contribution < 1.29 is 9.53 Å². The molecular formula is C15H24BrN3O2. The summed E-state index contributed by atoms with van der Waals surface area (Å²) in [4.78, 5) is 14.8. The lowest BCUT2D eigenvalue weighted by atomic mass is 10.1. The Morgan fingerprint density at radius 2 is 2.24 bits per heavy atom. The summed E-state index contributed by atoms with van der Waals surface area (Å²) in [5, 5.41) is 4.44. The number of ketones is 1. The Balaban J connectivity index is 2.02. The highest BCUT2D eigenvalue weighted by Gasteiger charge is 2.27. The van der Waals surface area contributed by atoms with Crippen molar-refractivity contribution in [3.63, 3.8) is 0 Å². The third-order valence-corrected chi connectivity index (χ3v) is 4.81. The van der Waals surface area contributed by atoms with Crippen LogP contribution in [0.2, 0.25) is 0 Å². The zero-order valence-electron chi connectivity index (χ0n) is 13.1. The number of aryl methyl sites for hydroxylation is 2. The molecule has 1 unspecified atom stereocenters. The molecule has 2 heterocycles. The molecule has 0 aromatic carbocycles. The van der Waals surface area contributed by atoms with E-state index >= 15 is 0 Å². The first-order chi connectivity index (χ1) is 10.1. The van der Waals surface area contributed by atoms with Crippen LogP contribution in [0.3, 0.4) is 0 Å². The van der Waals surface area contributed by atoms with Gasteiger partial charge in [-0.15, -0.1) is 0 Å². The number of ether oxygens (including phenoxy) is 1. The van der Waals surface area contributed by atoms with E-state index in [0.717, 1.165) is 41.8 Å². The first-order valence-electron chi connectivity index (χ1n) is 7.63. The molecule has 1 aliphatic heterocycles. The SMILES string of the molecule is CCCN1CCOC(C(=O)Cc2c(Br)c(CC)nn2C)C1. The van der Waals surface area contributed by atoms with Crippen LogP contribution in [0.1, 0.15) is 31.7 Å². The molecule has 1 atom stereocenters. The average molecular weight is 358 g/mol. The molecule has 21 heavy (non-hydrogen) atoms. The number of carbonyl (C=O) groups is 1. The molecule has 1 saturated heterocycles. The number of halogens is 1. The van der Waals surface area contributed by atoms with E-state index < -0.39 is 0 Å². The monoisotopic (exact) mass is 357 g/mol. The number of carbonyl (C=O) groups excluding carboxylic acids is 1. The van der Waals surface area contributed by atoms with Gasteiger partial charge < -0.3 is 4.74 Å². The lowest BCUT2D eigenvalue weighted by Crippen LogP contribution is -2.46. The van der Waals surface area contributed by atoms with Crippen molar-refractivity contribution in [3.05, 3.63) is 15.9 Å². The Morgan fingerprint density at radius 3 is 2.86 bits per heavy atom. The molecule has 1 aliphatic rings. The topological polar surface area (TPSA) is 47.4 Å². The maximum atomic E-state index is 12.5. The van der Waals surface area contributed by atoms with Gasteiger partial charge in [-0.25, -0.2) is 0 Å². The van der Waals surface area contributed by atoms with E-state index in [1.165, 1.54) is 0 Å². The fraction of sp³-hybridized carbons (Fsp3) is 0.733. The molecule has 1 aromatic rings. The smallest absolute Gasteiger partial charge is 0.168 e. The van der Waals surface area contributed by atoms with Crippen LogP contribution in [-0.2, 0) is 29.4 Å². The zero-order chi connectivity index (χ0) is 15.4. The molecule has 0 saturated carbocycles. The lowest BCUT2D eigenvalue weighted by molar-refractivity contribution is -0.135. The number of aromatic nitrogens is 2. The second-order valence-electron chi connectivity index (χ2n) is 5.49. The molecule has 118 valence electrons. The second-order valence-corrected chi connectivity index (χ2v) is 6.28. The Hall–Kier alpha value is -0.720. The van der Waals surface area contributed by atoms with E-state index in [0.29, 0.717) is 19.6 Å². The molecule has 5 nitrogen and oxygen atoms in total. The summed E-state index contributed by atoms with van der Waals surface area (Å²) in [7, 11) is 1.89. The summed E-state index contributed by atoms with van der Waals surface area (Å²) in [6.07, 6.45) is 2.02. The fourth-order valence-corrected chi connectivity index (χ4v) is 3.46. The number of hydrogen-bond acceptors (Lipinski definition) is 4.